The molecule has 0 aliphatic carbocycles. The smallest absolute Gasteiger partial charge is 0.307 e. The summed E-state index contributed by atoms with van der Waals surface area (Å²) in [7, 11) is 0. The Morgan fingerprint density at radius 1 is 1.44 bits per heavy atom. The molecule has 1 atom stereocenters. The van der Waals surface area contributed by atoms with Gasteiger partial charge in [0.2, 0.25) is 0 Å². The van der Waals surface area contributed by atoms with Crippen molar-refractivity contribution in [1.82, 2.24) is 5.32 Å². The highest BCUT2D eigenvalue weighted by atomic mass is 16.5. The molecule has 0 radical (unpaired) electrons. The van der Waals surface area contributed by atoms with Gasteiger partial charge in [-0.3, -0.25) is 9.59 Å². The van der Waals surface area contributed by atoms with Crippen molar-refractivity contribution in [3.05, 3.63) is 29.8 Å². The molecule has 1 rings (SSSR count). The van der Waals surface area contributed by atoms with E-state index < -0.39 is 12.1 Å². The lowest BCUT2D eigenvalue weighted by atomic mass is 10.1. The Morgan fingerprint density at radius 2 is 2.17 bits per heavy atom. The largest absolute Gasteiger partial charge is 0.481 e. The van der Waals surface area contributed by atoms with Gasteiger partial charge < -0.3 is 15.2 Å². The number of ether oxygens (including phenoxy) is 1. The van der Waals surface area contributed by atoms with Gasteiger partial charge in [0.15, 0.2) is 6.10 Å². The SMILES string of the molecule is CCNC(=O)C(C)Oc1cccc(CC(=O)O)c1. The first-order valence-electron chi connectivity index (χ1n) is 5.78. The van der Waals surface area contributed by atoms with Gasteiger partial charge in [-0.05, 0) is 31.5 Å². The Labute approximate surface area is 106 Å². The van der Waals surface area contributed by atoms with Crippen LogP contribution in [-0.2, 0) is 16.0 Å². The predicted molar refractivity (Wildman–Crippen MR) is 66.6 cm³/mol. The van der Waals surface area contributed by atoms with Crippen LogP contribution in [0, 0.1) is 0 Å². The third-order valence-electron chi connectivity index (χ3n) is 2.29. The van der Waals surface area contributed by atoms with Crippen molar-refractivity contribution in [3.63, 3.8) is 0 Å². The van der Waals surface area contributed by atoms with Crippen LogP contribution in [0.1, 0.15) is 19.4 Å². The summed E-state index contributed by atoms with van der Waals surface area (Å²) in [6.07, 6.45) is -0.669. The highest BCUT2D eigenvalue weighted by Crippen LogP contribution is 2.15. The lowest BCUT2D eigenvalue weighted by molar-refractivity contribution is -0.136. The maximum atomic E-state index is 11.5. The zero-order valence-corrected chi connectivity index (χ0v) is 10.5. The van der Waals surface area contributed by atoms with Crippen molar-refractivity contribution >= 4 is 11.9 Å². The van der Waals surface area contributed by atoms with Crippen LogP contribution in [0.3, 0.4) is 0 Å². The maximum Gasteiger partial charge on any atom is 0.307 e. The summed E-state index contributed by atoms with van der Waals surface area (Å²) >= 11 is 0. The molecule has 0 spiro atoms. The van der Waals surface area contributed by atoms with E-state index in [1.807, 2.05) is 6.92 Å². The molecule has 5 heteroatoms. The first-order chi connectivity index (χ1) is 8.52. The van der Waals surface area contributed by atoms with E-state index in [0.717, 1.165) is 0 Å². The molecule has 0 fully saturated rings. The van der Waals surface area contributed by atoms with Gasteiger partial charge in [-0.2, -0.15) is 0 Å². The van der Waals surface area contributed by atoms with Crippen LogP contribution in [0.4, 0.5) is 0 Å². The monoisotopic (exact) mass is 251 g/mol. The minimum absolute atomic E-state index is 0.0628. The molecule has 1 aromatic carbocycles. The van der Waals surface area contributed by atoms with Crippen LogP contribution in [0.25, 0.3) is 0 Å². The number of carbonyl (C=O) groups excluding carboxylic acids is 1. The molecule has 1 unspecified atom stereocenters. The first kappa shape index (κ1) is 14.0. The zero-order valence-electron chi connectivity index (χ0n) is 10.5. The summed E-state index contributed by atoms with van der Waals surface area (Å²) in [6.45, 7) is 4.03. The fraction of sp³-hybridized carbons (Fsp3) is 0.385. The number of hydrogen-bond acceptors (Lipinski definition) is 3. The van der Waals surface area contributed by atoms with E-state index in [1.165, 1.54) is 0 Å². The number of carboxylic acid groups (broad SMARTS) is 1. The highest BCUT2D eigenvalue weighted by Gasteiger charge is 2.13. The molecule has 0 bridgehead atoms. The molecule has 0 aliphatic rings. The average molecular weight is 251 g/mol. The number of amides is 1. The molecule has 0 aromatic heterocycles. The van der Waals surface area contributed by atoms with Gasteiger partial charge in [-0.25, -0.2) is 0 Å². The second-order valence-electron chi connectivity index (χ2n) is 3.87. The van der Waals surface area contributed by atoms with Gasteiger partial charge in [0.05, 0.1) is 6.42 Å². The number of rotatable bonds is 6. The fourth-order valence-electron chi connectivity index (χ4n) is 1.48. The van der Waals surface area contributed by atoms with Crippen molar-refractivity contribution in [2.45, 2.75) is 26.4 Å². The molecule has 1 aromatic rings. The highest BCUT2D eigenvalue weighted by molar-refractivity contribution is 5.80. The summed E-state index contributed by atoms with van der Waals surface area (Å²) in [5, 5.41) is 11.3. The summed E-state index contributed by atoms with van der Waals surface area (Å²) in [5.74, 6) is -0.599. The van der Waals surface area contributed by atoms with Crippen LogP contribution in [0.2, 0.25) is 0 Å². The quantitative estimate of drug-likeness (QED) is 0.797. The number of carbonyl (C=O) groups is 2. The van der Waals surface area contributed by atoms with Gasteiger partial charge in [0.25, 0.3) is 5.91 Å². The minimum Gasteiger partial charge on any atom is -0.481 e. The summed E-state index contributed by atoms with van der Waals surface area (Å²) in [6, 6.07) is 6.74. The third kappa shape index (κ3) is 4.45. The maximum absolute atomic E-state index is 11.5. The Bertz CT molecular complexity index is 431. The topological polar surface area (TPSA) is 75.6 Å². The van der Waals surface area contributed by atoms with Crippen molar-refractivity contribution < 1.29 is 19.4 Å². The summed E-state index contributed by atoms with van der Waals surface area (Å²) < 4.78 is 5.45. The average Bonchev–Trinajstić information content (AvgIpc) is 2.28. The van der Waals surface area contributed by atoms with E-state index >= 15 is 0 Å². The standard InChI is InChI=1S/C13H17NO4/c1-3-14-13(17)9(2)18-11-6-4-5-10(7-11)8-12(15)16/h4-7,9H,3,8H2,1-2H3,(H,14,17)(H,15,16). The number of aliphatic carboxylic acids is 1. The fourth-order valence-corrected chi connectivity index (χ4v) is 1.48. The Balaban J connectivity index is 2.66. The molecule has 5 nitrogen and oxygen atoms in total. The second-order valence-corrected chi connectivity index (χ2v) is 3.87. The van der Waals surface area contributed by atoms with Crippen molar-refractivity contribution in [2.75, 3.05) is 6.54 Å². The number of likely N-dealkylation sites (N-methyl/N-ethyl adjacent to an activating group) is 1. The van der Waals surface area contributed by atoms with Crippen molar-refractivity contribution in [2.24, 2.45) is 0 Å². The zero-order chi connectivity index (χ0) is 13.5. The van der Waals surface area contributed by atoms with Crippen LogP contribution >= 0.6 is 0 Å². The van der Waals surface area contributed by atoms with Crippen LogP contribution in [0.15, 0.2) is 24.3 Å². The van der Waals surface area contributed by atoms with Crippen LogP contribution < -0.4 is 10.1 Å². The van der Waals surface area contributed by atoms with E-state index in [1.54, 1.807) is 31.2 Å². The molecule has 1 amide bonds. The predicted octanol–water partition coefficient (Wildman–Crippen LogP) is 1.22. The molecule has 2 N–H and O–H groups in total. The number of carboxylic acids is 1. The van der Waals surface area contributed by atoms with Crippen molar-refractivity contribution in [1.29, 1.82) is 0 Å². The Morgan fingerprint density at radius 3 is 2.78 bits per heavy atom. The van der Waals surface area contributed by atoms with Gasteiger partial charge in [0.1, 0.15) is 5.75 Å². The Kier molecular flexibility index (Phi) is 5.17. The normalized spacial score (nSPS) is 11.7. The van der Waals surface area contributed by atoms with E-state index in [2.05, 4.69) is 5.32 Å². The molecular formula is C13H17NO4. The molecule has 18 heavy (non-hydrogen) atoms. The first-order valence-corrected chi connectivity index (χ1v) is 5.78. The van der Waals surface area contributed by atoms with Gasteiger partial charge in [0, 0.05) is 6.54 Å². The van der Waals surface area contributed by atoms with Gasteiger partial charge >= 0.3 is 5.97 Å². The molecule has 0 heterocycles. The number of benzene rings is 1. The minimum atomic E-state index is -0.899. The number of hydrogen-bond donors (Lipinski definition) is 2. The molecule has 0 saturated heterocycles. The lowest BCUT2D eigenvalue weighted by Gasteiger charge is -2.14. The van der Waals surface area contributed by atoms with Crippen molar-refractivity contribution in [3.8, 4) is 5.75 Å². The summed E-state index contributed by atoms with van der Waals surface area (Å²) in [4.78, 5) is 22.1. The van der Waals surface area contributed by atoms with E-state index in [4.69, 9.17) is 9.84 Å². The summed E-state index contributed by atoms with van der Waals surface area (Å²) in [5.41, 5.74) is 0.642. The van der Waals surface area contributed by atoms with Crippen LogP contribution in [-0.4, -0.2) is 29.6 Å². The van der Waals surface area contributed by atoms with E-state index in [0.29, 0.717) is 17.9 Å². The molecule has 0 aliphatic heterocycles. The molecule has 0 saturated carbocycles. The van der Waals surface area contributed by atoms with Gasteiger partial charge in [-0.15, -0.1) is 0 Å². The molecule has 98 valence electrons. The van der Waals surface area contributed by atoms with E-state index in [9.17, 15) is 9.59 Å². The lowest BCUT2D eigenvalue weighted by Crippen LogP contribution is -2.36. The van der Waals surface area contributed by atoms with E-state index in [-0.39, 0.29) is 12.3 Å². The Hall–Kier alpha value is -2.04. The van der Waals surface area contributed by atoms with Crippen LogP contribution in [0.5, 0.6) is 5.75 Å². The molecular weight excluding hydrogens is 234 g/mol. The third-order valence-corrected chi connectivity index (χ3v) is 2.29. The second kappa shape index (κ2) is 6.64. The van der Waals surface area contributed by atoms with Gasteiger partial charge in [-0.1, -0.05) is 12.1 Å². The number of nitrogens with one attached hydrogen (secondary N) is 1.